The maximum atomic E-state index is 12.1. The van der Waals surface area contributed by atoms with Gasteiger partial charge in [0.25, 0.3) is 0 Å². The van der Waals surface area contributed by atoms with Crippen molar-refractivity contribution >= 4 is 0 Å². The molecule has 0 spiro atoms. The van der Waals surface area contributed by atoms with Crippen LogP contribution in [-0.4, -0.2) is 31.7 Å². The fourth-order valence-electron chi connectivity index (χ4n) is 1.46. The summed E-state index contributed by atoms with van der Waals surface area (Å²) in [5.74, 6) is 0.526. The minimum absolute atomic E-state index is 0.306. The molecule has 0 bridgehead atoms. The quantitative estimate of drug-likeness (QED) is 0.598. The smallest absolute Gasteiger partial charge is 0.102 e. The largest absolute Gasteiger partial charge is 0.300 e. The Morgan fingerprint density at radius 3 is 2.44 bits per heavy atom. The molecule has 0 heterocycles. The second-order valence-electron chi connectivity index (χ2n) is 4.36. The Balaban J connectivity index is 4.18. The zero-order valence-electron chi connectivity index (χ0n) is 11.0. The topological polar surface area (TPSA) is 3.24 Å². The molecule has 0 N–H and O–H groups in total. The average molecular weight is 225 g/mol. The second-order valence-corrected chi connectivity index (χ2v) is 4.36. The van der Waals surface area contributed by atoms with Gasteiger partial charge in [0.2, 0.25) is 0 Å². The first-order valence-corrected chi connectivity index (χ1v) is 5.77. The van der Waals surface area contributed by atoms with E-state index in [2.05, 4.69) is 32.6 Å². The Labute approximate surface area is 99.3 Å². The van der Waals surface area contributed by atoms with Gasteiger partial charge in [-0.1, -0.05) is 38.7 Å². The van der Waals surface area contributed by atoms with Crippen LogP contribution in [-0.2, 0) is 0 Å². The lowest BCUT2D eigenvalue weighted by Crippen LogP contribution is -2.22. The third-order valence-electron chi connectivity index (χ3n) is 2.45. The number of rotatable bonds is 7. The van der Waals surface area contributed by atoms with Crippen molar-refractivity contribution in [2.75, 3.05) is 26.8 Å². The van der Waals surface area contributed by atoms with Gasteiger partial charge >= 0.3 is 0 Å². The molecule has 16 heavy (non-hydrogen) atoms. The number of likely N-dealkylation sites (N-methyl/N-ethyl adjacent to an activating group) is 1. The molecule has 0 aliphatic carbocycles. The van der Waals surface area contributed by atoms with Gasteiger partial charge in [-0.05, 0) is 31.0 Å². The Morgan fingerprint density at radius 1 is 1.38 bits per heavy atom. The van der Waals surface area contributed by atoms with Gasteiger partial charge in [-0.25, -0.2) is 4.39 Å². The SMILES string of the molecule is C=C(/C=C\C(=C/C)C(C)C)CN(C)CCF. The van der Waals surface area contributed by atoms with Gasteiger partial charge in [0.15, 0.2) is 0 Å². The summed E-state index contributed by atoms with van der Waals surface area (Å²) in [6.45, 7) is 11.2. The molecule has 2 heteroatoms. The lowest BCUT2D eigenvalue weighted by Gasteiger charge is -2.14. The predicted molar refractivity (Wildman–Crippen MR) is 70.3 cm³/mol. The van der Waals surface area contributed by atoms with Crippen LogP contribution < -0.4 is 0 Å². The maximum Gasteiger partial charge on any atom is 0.102 e. The summed E-state index contributed by atoms with van der Waals surface area (Å²) in [5.41, 5.74) is 2.31. The van der Waals surface area contributed by atoms with Crippen LogP contribution in [0.15, 0.2) is 36.0 Å². The van der Waals surface area contributed by atoms with Crippen molar-refractivity contribution in [2.45, 2.75) is 20.8 Å². The zero-order chi connectivity index (χ0) is 12.6. The van der Waals surface area contributed by atoms with Gasteiger partial charge in [-0.15, -0.1) is 0 Å². The Kier molecular flexibility index (Phi) is 7.82. The van der Waals surface area contributed by atoms with E-state index in [9.17, 15) is 4.39 Å². The van der Waals surface area contributed by atoms with E-state index >= 15 is 0 Å². The highest BCUT2D eigenvalue weighted by Gasteiger charge is 2.00. The Morgan fingerprint density at radius 2 is 2.00 bits per heavy atom. The summed E-state index contributed by atoms with van der Waals surface area (Å²) in [7, 11) is 1.90. The van der Waals surface area contributed by atoms with Crippen molar-refractivity contribution in [1.29, 1.82) is 0 Å². The molecule has 0 fully saturated rings. The van der Waals surface area contributed by atoms with Crippen molar-refractivity contribution in [1.82, 2.24) is 4.90 Å². The average Bonchev–Trinajstić information content (AvgIpc) is 2.18. The standard InChI is InChI=1S/C14H24FN/c1-6-14(12(2)3)8-7-13(4)11-16(5)10-9-15/h6-8,12H,4,9-11H2,1-3,5H3/b8-7-,14-6+. The second kappa shape index (κ2) is 8.28. The van der Waals surface area contributed by atoms with E-state index < -0.39 is 0 Å². The molecule has 1 nitrogen and oxygen atoms in total. The van der Waals surface area contributed by atoms with Crippen LogP contribution in [0, 0.1) is 5.92 Å². The molecule has 0 unspecified atom stereocenters. The number of hydrogen-bond acceptors (Lipinski definition) is 1. The number of halogens is 1. The molecule has 0 aliphatic heterocycles. The van der Waals surface area contributed by atoms with E-state index in [0.717, 1.165) is 12.1 Å². The Bertz CT molecular complexity index is 264. The molecule has 0 radical (unpaired) electrons. The van der Waals surface area contributed by atoms with E-state index in [0.29, 0.717) is 12.5 Å². The molecular formula is C14H24FN. The number of alkyl halides is 1. The summed E-state index contributed by atoms with van der Waals surface area (Å²) in [5, 5.41) is 0. The van der Waals surface area contributed by atoms with Crippen LogP contribution >= 0.6 is 0 Å². The van der Waals surface area contributed by atoms with Gasteiger partial charge in [-0.3, -0.25) is 4.90 Å². The number of hydrogen-bond donors (Lipinski definition) is 0. The summed E-state index contributed by atoms with van der Waals surface area (Å²) < 4.78 is 12.1. The van der Waals surface area contributed by atoms with Crippen LogP contribution in [0.2, 0.25) is 0 Å². The van der Waals surface area contributed by atoms with E-state index in [4.69, 9.17) is 0 Å². The minimum atomic E-state index is -0.306. The van der Waals surface area contributed by atoms with Crippen LogP contribution in [0.25, 0.3) is 0 Å². The fourth-order valence-corrected chi connectivity index (χ4v) is 1.46. The van der Waals surface area contributed by atoms with Crippen LogP contribution in [0.3, 0.4) is 0 Å². The van der Waals surface area contributed by atoms with Crippen LogP contribution in [0.5, 0.6) is 0 Å². The van der Waals surface area contributed by atoms with E-state index in [1.165, 1.54) is 5.57 Å². The zero-order valence-corrected chi connectivity index (χ0v) is 11.0. The fraction of sp³-hybridized carbons (Fsp3) is 0.571. The van der Waals surface area contributed by atoms with Crippen molar-refractivity contribution < 1.29 is 4.39 Å². The van der Waals surface area contributed by atoms with Crippen molar-refractivity contribution in [3.8, 4) is 0 Å². The molecule has 0 saturated carbocycles. The number of nitrogens with zero attached hydrogens (tertiary/aromatic N) is 1. The first-order valence-electron chi connectivity index (χ1n) is 5.77. The molecule has 0 saturated heterocycles. The highest BCUT2D eigenvalue weighted by molar-refractivity contribution is 5.27. The molecule has 0 aliphatic rings. The summed E-state index contributed by atoms with van der Waals surface area (Å²) >= 11 is 0. The van der Waals surface area contributed by atoms with E-state index in [1.54, 1.807) is 0 Å². The predicted octanol–water partition coefficient (Wildman–Crippen LogP) is 3.60. The Hall–Kier alpha value is -0.890. The first-order chi connectivity index (χ1) is 7.51. The van der Waals surface area contributed by atoms with Crippen molar-refractivity contribution in [3.05, 3.63) is 36.0 Å². The molecule has 0 aromatic heterocycles. The first kappa shape index (κ1) is 15.1. The molecule has 0 rings (SSSR count). The molecule has 0 aromatic carbocycles. The molecule has 0 aromatic rings. The summed E-state index contributed by atoms with van der Waals surface area (Å²) in [4.78, 5) is 1.93. The monoisotopic (exact) mass is 225 g/mol. The van der Waals surface area contributed by atoms with Gasteiger partial charge in [0.05, 0.1) is 0 Å². The van der Waals surface area contributed by atoms with E-state index in [1.807, 2.05) is 24.9 Å². The van der Waals surface area contributed by atoms with E-state index in [-0.39, 0.29) is 6.67 Å². The van der Waals surface area contributed by atoms with Gasteiger partial charge in [-0.2, -0.15) is 0 Å². The minimum Gasteiger partial charge on any atom is -0.300 e. The number of allylic oxidation sites excluding steroid dienone is 3. The maximum absolute atomic E-state index is 12.1. The van der Waals surface area contributed by atoms with Crippen LogP contribution in [0.1, 0.15) is 20.8 Å². The molecule has 0 atom stereocenters. The summed E-state index contributed by atoms with van der Waals surface area (Å²) in [6.07, 6.45) is 6.22. The molecule has 92 valence electrons. The summed E-state index contributed by atoms with van der Waals surface area (Å²) in [6, 6.07) is 0. The normalized spacial score (nSPS) is 13.1. The molecule has 0 amide bonds. The van der Waals surface area contributed by atoms with Crippen molar-refractivity contribution in [3.63, 3.8) is 0 Å². The molecular weight excluding hydrogens is 201 g/mol. The van der Waals surface area contributed by atoms with Gasteiger partial charge in [0, 0.05) is 13.1 Å². The van der Waals surface area contributed by atoms with Crippen molar-refractivity contribution in [2.24, 2.45) is 5.92 Å². The van der Waals surface area contributed by atoms with Gasteiger partial charge in [0.1, 0.15) is 6.67 Å². The van der Waals surface area contributed by atoms with Crippen LogP contribution in [0.4, 0.5) is 4.39 Å². The lowest BCUT2D eigenvalue weighted by molar-refractivity contribution is 0.316. The third-order valence-corrected chi connectivity index (χ3v) is 2.45. The third kappa shape index (κ3) is 6.57. The van der Waals surface area contributed by atoms with Gasteiger partial charge < -0.3 is 0 Å². The highest BCUT2D eigenvalue weighted by atomic mass is 19.1. The highest BCUT2D eigenvalue weighted by Crippen LogP contribution is 2.11. The lowest BCUT2D eigenvalue weighted by atomic mass is 10.0.